The predicted molar refractivity (Wildman–Crippen MR) is 59.9 cm³/mol. The molecule has 0 spiro atoms. The Morgan fingerprint density at radius 2 is 2.44 bits per heavy atom. The fourth-order valence-corrected chi connectivity index (χ4v) is 1.78. The van der Waals surface area contributed by atoms with E-state index in [1.54, 1.807) is 4.68 Å². The number of aliphatic hydroxyl groups excluding tert-OH is 1. The zero-order valence-electron chi connectivity index (χ0n) is 9.65. The summed E-state index contributed by atoms with van der Waals surface area (Å²) in [5.41, 5.74) is 1.46. The summed E-state index contributed by atoms with van der Waals surface area (Å²) in [5.74, 6) is 0. The van der Waals surface area contributed by atoms with Crippen molar-refractivity contribution in [3.8, 4) is 0 Å². The van der Waals surface area contributed by atoms with Gasteiger partial charge in [0, 0.05) is 30.3 Å². The zero-order chi connectivity index (χ0) is 11.4. The average Bonchev–Trinajstić information content (AvgIpc) is 2.64. The first kappa shape index (κ1) is 11.6. The Labute approximate surface area is 95.4 Å². The quantitative estimate of drug-likeness (QED) is 0.715. The molecule has 90 valence electrons. The highest BCUT2D eigenvalue weighted by molar-refractivity contribution is 5.03. The van der Waals surface area contributed by atoms with Gasteiger partial charge in [0.25, 0.3) is 0 Å². The van der Waals surface area contributed by atoms with Crippen LogP contribution in [0.1, 0.15) is 12.5 Å². The molecule has 0 aliphatic carbocycles. The van der Waals surface area contributed by atoms with Crippen LogP contribution in [-0.4, -0.2) is 41.3 Å². The van der Waals surface area contributed by atoms with Crippen molar-refractivity contribution in [1.82, 2.24) is 15.1 Å². The third-order valence-electron chi connectivity index (χ3n) is 2.80. The Balaban J connectivity index is 1.72. The largest absolute Gasteiger partial charge is 0.394 e. The molecule has 5 heteroatoms. The monoisotopic (exact) mass is 225 g/mol. The highest BCUT2D eigenvalue weighted by Gasteiger charge is 2.32. The van der Waals surface area contributed by atoms with E-state index in [9.17, 15) is 0 Å². The van der Waals surface area contributed by atoms with E-state index in [4.69, 9.17) is 9.84 Å². The predicted octanol–water partition coefficient (Wildman–Crippen LogP) is 0.00150. The van der Waals surface area contributed by atoms with Crippen LogP contribution >= 0.6 is 0 Å². The topological polar surface area (TPSA) is 59.3 Å². The summed E-state index contributed by atoms with van der Waals surface area (Å²) >= 11 is 0. The number of aromatic nitrogens is 2. The Kier molecular flexibility index (Phi) is 3.58. The summed E-state index contributed by atoms with van der Waals surface area (Å²) < 4.78 is 6.95. The van der Waals surface area contributed by atoms with Gasteiger partial charge in [-0.15, -0.1) is 0 Å². The first-order chi connectivity index (χ1) is 7.72. The van der Waals surface area contributed by atoms with Crippen molar-refractivity contribution in [2.45, 2.75) is 20.0 Å². The SMILES string of the molecule is CC1(CNCc2cnn(CCO)c2)COC1. The van der Waals surface area contributed by atoms with Crippen molar-refractivity contribution in [3.05, 3.63) is 18.0 Å². The van der Waals surface area contributed by atoms with Crippen molar-refractivity contribution < 1.29 is 9.84 Å². The van der Waals surface area contributed by atoms with E-state index >= 15 is 0 Å². The molecule has 1 aliphatic rings. The van der Waals surface area contributed by atoms with Gasteiger partial charge in [0.15, 0.2) is 0 Å². The summed E-state index contributed by atoms with van der Waals surface area (Å²) in [6.07, 6.45) is 3.80. The van der Waals surface area contributed by atoms with Gasteiger partial charge in [0.2, 0.25) is 0 Å². The molecule has 1 aliphatic heterocycles. The minimum atomic E-state index is 0.129. The first-order valence-electron chi connectivity index (χ1n) is 5.62. The van der Waals surface area contributed by atoms with Gasteiger partial charge in [-0.25, -0.2) is 0 Å². The second-order valence-electron chi connectivity index (χ2n) is 4.74. The van der Waals surface area contributed by atoms with Crippen molar-refractivity contribution in [2.24, 2.45) is 5.41 Å². The van der Waals surface area contributed by atoms with Gasteiger partial charge in [-0.3, -0.25) is 4.68 Å². The summed E-state index contributed by atoms with van der Waals surface area (Å²) in [5, 5.41) is 16.3. The van der Waals surface area contributed by atoms with E-state index in [1.807, 2.05) is 12.4 Å². The molecular formula is C11H19N3O2. The van der Waals surface area contributed by atoms with Crippen LogP contribution in [0.2, 0.25) is 0 Å². The number of nitrogens with one attached hydrogen (secondary N) is 1. The molecule has 0 amide bonds. The Hall–Kier alpha value is -0.910. The van der Waals surface area contributed by atoms with Gasteiger partial charge in [-0.05, 0) is 0 Å². The van der Waals surface area contributed by atoms with Gasteiger partial charge in [-0.1, -0.05) is 6.92 Å². The molecule has 1 aromatic heterocycles. The summed E-state index contributed by atoms with van der Waals surface area (Å²) in [6.45, 7) is 6.40. The number of ether oxygens (including phenoxy) is 1. The zero-order valence-corrected chi connectivity index (χ0v) is 9.65. The van der Waals surface area contributed by atoms with Crippen LogP contribution in [0, 0.1) is 5.41 Å². The van der Waals surface area contributed by atoms with Gasteiger partial charge >= 0.3 is 0 Å². The van der Waals surface area contributed by atoms with Crippen molar-refractivity contribution in [1.29, 1.82) is 0 Å². The fraction of sp³-hybridized carbons (Fsp3) is 0.727. The molecule has 0 saturated carbocycles. The lowest BCUT2D eigenvalue weighted by Crippen LogP contribution is -2.47. The van der Waals surface area contributed by atoms with Gasteiger partial charge < -0.3 is 15.2 Å². The lowest BCUT2D eigenvalue weighted by molar-refractivity contribution is -0.0991. The molecule has 2 N–H and O–H groups in total. The smallest absolute Gasteiger partial charge is 0.0640 e. The molecule has 0 bridgehead atoms. The third kappa shape index (κ3) is 2.81. The maximum absolute atomic E-state index is 8.76. The minimum Gasteiger partial charge on any atom is -0.394 e. The maximum Gasteiger partial charge on any atom is 0.0640 e. The molecule has 1 saturated heterocycles. The second kappa shape index (κ2) is 4.95. The molecular weight excluding hydrogens is 206 g/mol. The molecule has 0 radical (unpaired) electrons. The van der Waals surface area contributed by atoms with Crippen LogP contribution in [0.4, 0.5) is 0 Å². The van der Waals surface area contributed by atoms with Crippen molar-refractivity contribution in [2.75, 3.05) is 26.4 Å². The van der Waals surface area contributed by atoms with E-state index in [0.717, 1.165) is 31.9 Å². The molecule has 16 heavy (non-hydrogen) atoms. The average molecular weight is 225 g/mol. The highest BCUT2D eigenvalue weighted by atomic mass is 16.5. The Morgan fingerprint density at radius 1 is 1.62 bits per heavy atom. The molecule has 5 nitrogen and oxygen atoms in total. The Bertz CT molecular complexity index is 334. The van der Waals surface area contributed by atoms with Crippen molar-refractivity contribution in [3.63, 3.8) is 0 Å². The summed E-state index contributed by atoms with van der Waals surface area (Å²) in [6, 6.07) is 0. The van der Waals surface area contributed by atoms with E-state index in [2.05, 4.69) is 17.3 Å². The van der Waals surface area contributed by atoms with Crippen LogP contribution in [0.15, 0.2) is 12.4 Å². The molecule has 2 heterocycles. The van der Waals surface area contributed by atoms with E-state index in [1.165, 1.54) is 0 Å². The molecule has 1 fully saturated rings. The Morgan fingerprint density at radius 3 is 3.06 bits per heavy atom. The number of hydrogen-bond donors (Lipinski definition) is 2. The number of aliphatic hydroxyl groups is 1. The van der Waals surface area contributed by atoms with Crippen LogP contribution in [-0.2, 0) is 17.8 Å². The van der Waals surface area contributed by atoms with E-state index < -0.39 is 0 Å². The first-order valence-corrected chi connectivity index (χ1v) is 5.62. The second-order valence-corrected chi connectivity index (χ2v) is 4.74. The molecule has 0 atom stereocenters. The maximum atomic E-state index is 8.76. The fourth-order valence-electron chi connectivity index (χ4n) is 1.78. The van der Waals surface area contributed by atoms with Crippen LogP contribution < -0.4 is 5.32 Å². The van der Waals surface area contributed by atoms with Crippen LogP contribution in [0.25, 0.3) is 0 Å². The van der Waals surface area contributed by atoms with Gasteiger partial charge in [0.1, 0.15) is 0 Å². The number of nitrogens with zero attached hydrogens (tertiary/aromatic N) is 2. The van der Waals surface area contributed by atoms with Gasteiger partial charge in [0.05, 0.1) is 32.6 Å². The molecule has 2 rings (SSSR count). The molecule has 0 unspecified atom stereocenters. The van der Waals surface area contributed by atoms with Crippen LogP contribution in [0.3, 0.4) is 0 Å². The van der Waals surface area contributed by atoms with E-state index in [0.29, 0.717) is 12.0 Å². The molecule has 1 aromatic rings. The number of rotatable bonds is 6. The number of hydrogen-bond acceptors (Lipinski definition) is 4. The summed E-state index contributed by atoms with van der Waals surface area (Å²) in [7, 11) is 0. The normalized spacial score (nSPS) is 18.4. The van der Waals surface area contributed by atoms with Gasteiger partial charge in [-0.2, -0.15) is 5.10 Å². The molecule has 0 aromatic carbocycles. The standard InChI is InChI=1S/C11H19N3O2/c1-11(8-16-9-11)7-12-4-10-5-13-14(6-10)2-3-15/h5-6,12,15H,2-4,7-9H2,1H3. The van der Waals surface area contributed by atoms with E-state index in [-0.39, 0.29) is 6.61 Å². The lowest BCUT2D eigenvalue weighted by atomic mass is 9.89. The van der Waals surface area contributed by atoms with Crippen LogP contribution in [0.5, 0.6) is 0 Å². The third-order valence-corrected chi connectivity index (χ3v) is 2.80. The lowest BCUT2D eigenvalue weighted by Gasteiger charge is -2.38. The highest BCUT2D eigenvalue weighted by Crippen LogP contribution is 2.25. The van der Waals surface area contributed by atoms with Crippen molar-refractivity contribution >= 4 is 0 Å². The minimum absolute atomic E-state index is 0.129. The summed E-state index contributed by atoms with van der Waals surface area (Å²) in [4.78, 5) is 0.